The molecular weight excluding hydrogens is 356 g/mol. The maximum absolute atomic E-state index is 12.9. The molecule has 0 bridgehead atoms. The first-order valence-electron chi connectivity index (χ1n) is 9.92. The number of carbonyl (C=O) groups excluding carboxylic acids is 3. The Morgan fingerprint density at radius 3 is 2.39 bits per heavy atom. The van der Waals surface area contributed by atoms with Crippen LogP contribution in [0.5, 0.6) is 0 Å². The SMILES string of the molecule is CN(C)C1(CNC(=O)CN2C(=O)NC(C)(c3ccccc3)C2=O)CCCCC1. The van der Waals surface area contributed by atoms with Gasteiger partial charge in [-0.2, -0.15) is 0 Å². The van der Waals surface area contributed by atoms with Crippen LogP contribution in [0.4, 0.5) is 4.79 Å². The molecule has 7 nitrogen and oxygen atoms in total. The average Bonchev–Trinajstić information content (AvgIpc) is 2.92. The Bertz CT molecular complexity index is 743. The predicted octanol–water partition coefficient (Wildman–Crippen LogP) is 1.83. The van der Waals surface area contributed by atoms with Gasteiger partial charge in [0, 0.05) is 12.1 Å². The summed E-state index contributed by atoms with van der Waals surface area (Å²) in [4.78, 5) is 41.0. The number of nitrogens with zero attached hydrogens (tertiary/aromatic N) is 2. The van der Waals surface area contributed by atoms with Crippen molar-refractivity contribution in [1.82, 2.24) is 20.4 Å². The molecule has 1 aromatic rings. The van der Waals surface area contributed by atoms with Crippen molar-refractivity contribution in [3.63, 3.8) is 0 Å². The Hall–Kier alpha value is -2.41. The summed E-state index contributed by atoms with van der Waals surface area (Å²) >= 11 is 0. The fourth-order valence-corrected chi connectivity index (χ4v) is 4.26. The van der Waals surface area contributed by atoms with Crippen molar-refractivity contribution in [2.24, 2.45) is 0 Å². The van der Waals surface area contributed by atoms with Crippen molar-refractivity contribution in [3.05, 3.63) is 35.9 Å². The second-order valence-electron chi connectivity index (χ2n) is 8.27. The van der Waals surface area contributed by atoms with Gasteiger partial charge in [-0.25, -0.2) is 4.79 Å². The molecule has 3 rings (SSSR count). The lowest BCUT2D eigenvalue weighted by molar-refractivity contribution is -0.135. The van der Waals surface area contributed by atoms with Gasteiger partial charge < -0.3 is 15.5 Å². The number of imide groups is 1. The van der Waals surface area contributed by atoms with Crippen molar-refractivity contribution in [2.45, 2.75) is 50.1 Å². The molecule has 0 aromatic heterocycles. The first kappa shape index (κ1) is 20.3. The van der Waals surface area contributed by atoms with Crippen LogP contribution in [0.2, 0.25) is 0 Å². The fourth-order valence-electron chi connectivity index (χ4n) is 4.26. The molecule has 0 spiro atoms. The van der Waals surface area contributed by atoms with Crippen molar-refractivity contribution >= 4 is 17.8 Å². The number of urea groups is 1. The first-order valence-corrected chi connectivity index (χ1v) is 9.92. The number of amides is 4. The van der Waals surface area contributed by atoms with E-state index in [4.69, 9.17) is 0 Å². The van der Waals surface area contributed by atoms with E-state index in [1.165, 1.54) is 6.42 Å². The van der Waals surface area contributed by atoms with Crippen LogP contribution in [-0.4, -0.2) is 60.4 Å². The molecule has 1 saturated carbocycles. The Balaban J connectivity index is 1.64. The zero-order valence-electron chi connectivity index (χ0n) is 17.0. The number of hydrogen-bond donors (Lipinski definition) is 2. The average molecular weight is 386 g/mol. The summed E-state index contributed by atoms with van der Waals surface area (Å²) in [5, 5.41) is 5.69. The van der Waals surface area contributed by atoms with Gasteiger partial charge in [-0.3, -0.25) is 14.5 Å². The second kappa shape index (κ2) is 7.91. The third-order valence-electron chi connectivity index (χ3n) is 6.28. The number of hydrogen-bond acceptors (Lipinski definition) is 4. The standard InChI is InChI=1S/C21H30N4O3/c1-20(16-10-6-4-7-11-16)18(27)25(19(28)23-20)14-17(26)22-15-21(24(2)3)12-8-5-9-13-21/h4,6-7,10-11H,5,8-9,12-15H2,1-3H3,(H,22,26)(H,23,28). The molecule has 7 heteroatoms. The van der Waals surface area contributed by atoms with Gasteiger partial charge in [0.15, 0.2) is 0 Å². The van der Waals surface area contributed by atoms with Crippen LogP contribution in [0.1, 0.15) is 44.6 Å². The van der Waals surface area contributed by atoms with Crippen LogP contribution in [0, 0.1) is 0 Å². The molecule has 1 aromatic carbocycles. The lowest BCUT2D eigenvalue weighted by atomic mass is 9.80. The van der Waals surface area contributed by atoms with Crippen LogP contribution >= 0.6 is 0 Å². The molecule has 1 heterocycles. The highest BCUT2D eigenvalue weighted by molar-refractivity contribution is 6.09. The molecule has 1 aliphatic carbocycles. The summed E-state index contributed by atoms with van der Waals surface area (Å²) in [6, 6.07) is 8.55. The maximum Gasteiger partial charge on any atom is 0.325 e. The van der Waals surface area contributed by atoms with Gasteiger partial charge in [0.2, 0.25) is 5.91 Å². The zero-order chi connectivity index (χ0) is 20.4. The monoisotopic (exact) mass is 386 g/mol. The highest BCUT2D eigenvalue weighted by Gasteiger charge is 2.49. The summed E-state index contributed by atoms with van der Waals surface area (Å²) in [6.45, 7) is 1.93. The van der Waals surface area contributed by atoms with Crippen LogP contribution in [0.25, 0.3) is 0 Å². The van der Waals surface area contributed by atoms with Gasteiger partial charge in [0.1, 0.15) is 12.1 Å². The molecule has 2 aliphatic rings. The van der Waals surface area contributed by atoms with E-state index in [9.17, 15) is 14.4 Å². The molecule has 1 aliphatic heterocycles. The summed E-state index contributed by atoms with van der Waals surface area (Å²) in [6.07, 6.45) is 5.60. The number of nitrogens with one attached hydrogen (secondary N) is 2. The van der Waals surface area contributed by atoms with E-state index < -0.39 is 17.5 Å². The fraction of sp³-hybridized carbons (Fsp3) is 0.571. The van der Waals surface area contributed by atoms with Gasteiger partial charge >= 0.3 is 6.03 Å². The van der Waals surface area contributed by atoms with Gasteiger partial charge in [-0.15, -0.1) is 0 Å². The molecule has 2 N–H and O–H groups in total. The quantitative estimate of drug-likeness (QED) is 0.731. The Morgan fingerprint density at radius 1 is 1.14 bits per heavy atom. The molecule has 4 amide bonds. The van der Waals surface area contributed by atoms with Crippen molar-refractivity contribution in [1.29, 1.82) is 0 Å². The summed E-state index contributed by atoms with van der Waals surface area (Å²) in [7, 11) is 4.08. The first-order chi connectivity index (χ1) is 13.3. The molecule has 1 saturated heterocycles. The van der Waals surface area contributed by atoms with Crippen LogP contribution in [-0.2, 0) is 15.1 Å². The van der Waals surface area contributed by atoms with Crippen molar-refractivity contribution < 1.29 is 14.4 Å². The minimum Gasteiger partial charge on any atom is -0.353 e. The topological polar surface area (TPSA) is 81.8 Å². The van der Waals surface area contributed by atoms with Gasteiger partial charge in [-0.05, 0) is 39.4 Å². The molecule has 0 radical (unpaired) electrons. The van der Waals surface area contributed by atoms with Crippen LogP contribution < -0.4 is 10.6 Å². The molecule has 2 fully saturated rings. The maximum atomic E-state index is 12.9. The summed E-state index contributed by atoms with van der Waals surface area (Å²) in [5.74, 6) is -0.716. The normalized spacial score (nSPS) is 24.4. The van der Waals surface area contributed by atoms with E-state index >= 15 is 0 Å². The Morgan fingerprint density at radius 2 is 1.79 bits per heavy atom. The third kappa shape index (κ3) is 3.76. The third-order valence-corrected chi connectivity index (χ3v) is 6.28. The molecular formula is C21H30N4O3. The molecule has 1 atom stereocenters. The Labute approximate surface area is 166 Å². The molecule has 1 unspecified atom stereocenters. The Kier molecular flexibility index (Phi) is 5.74. The summed E-state index contributed by atoms with van der Waals surface area (Å²) < 4.78 is 0. The van der Waals surface area contributed by atoms with E-state index in [1.807, 2.05) is 32.3 Å². The minimum absolute atomic E-state index is 0.0518. The van der Waals surface area contributed by atoms with E-state index in [2.05, 4.69) is 15.5 Å². The van der Waals surface area contributed by atoms with Gasteiger partial charge in [0.25, 0.3) is 5.91 Å². The second-order valence-corrected chi connectivity index (χ2v) is 8.27. The molecule has 152 valence electrons. The zero-order valence-corrected chi connectivity index (χ0v) is 17.0. The minimum atomic E-state index is -1.15. The van der Waals surface area contributed by atoms with Crippen LogP contribution in [0.15, 0.2) is 30.3 Å². The molecule has 28 heavy (non-hydrogen) atoms. The highest BCUT2D eigenvalue weighted by Crippen LogP contribution is 2.32. The van der Waals surface area contributed by atoms with E-state index in [-0.39, 0.29) is 18.0 Å². The van der Waals surface area contributed by atoms with E-state index in [0.717, 1.165) is 30.6 Å². The number of carbonyl (C=O) groups is 3. The lowest BCUT2D eigenvalue weighted by Crippen LogP contribution is -2.55. The van der Waals surface area contributed by atoms with Crippen molar-refractivity contribution in [2.75, 3.05) is 27.2 Å². The number of benzene rings is 1. The number of rotatable bonds is 6. The summed E-state index contributed by atoms with van der Waals surface area (Å²) in [5.41, 5.74) is -0.499. The number of likely N-dealkylation sites (N-methyl/N-ethyl adjacent to an activating group) is 1. The van der Waals surface area contributed by atoms with E-state index in [0.29, 0.717) is 12.1 Å². The largest absolute Gasteiger partial charge is 0.353 e. The smallest absolute Gasteiger partial charge is 0.325 e. The van der Waals surface area contributed by atoms with E-state index in [1.54, 1.807) is 19.1 Å². The van der Waals surface area contributed by atoms with Gasteiger partial charge in [-0.1, -0.05) is 49.6 Å². The lowest BCUT2D eigenvalue weighted by Gasteiger charge is -2.43. The van der Waals surface area contributed by atoms with Crippen molar-refractivity contribution in [3.8, 4) is 0 Å². The predicted molar refractivity (Wildman–Crippen MR) is 107 cm³/mol. The van der Waals surface area contributed by atoms with Crippen LogP contribution in [0.3, 0.4) is 0 Å². The highest BCUT2D eigenvalue weighted by atomic mass is 16.2. The van der Waals surface area contributed by atoms with Gasteiger partial charge in [0.05, 0.1) is 0 Å².